The fourth-order valence-corrected chi connectivity index (χ4v) is 1.94. The minimum Gasteiger partial charge on any atom is -0.482 e. The predicted molar refractivity (Wildman–Crippen MR) is 71.9 cm³/mol. The van der Waals surface area contributed by atoms with E-state index in [2.05, 4.69) is 6.07 Å². The summed E-state index contributed by atoms with van der Waals surface area (Å²) in [7, 11) is 3.65. The molecule has 0 saturated carbocycles. The van der Waals surface area contributed by atoms with Gasteiger partial charge in [-0.2, -0.15) is 5.26 Å². The van der Waals surface area contributed by atoms with Crippen molar-refractivity contribution in [1.29, 1.82) is 5.26 Å². The molecule has 5 heteroatoms. The van der Waals surface area contributed by atoms with Crippen molar-refractivity contribution < 1.29 is 9.53 Å². The number of rotatable bonds is 3. The maximum atomic E-state index is 11.6. The Labute approximate surface area is 113 Å². The Hall–Kier alpha value is -2.06. The molecule has 1 atom stereocenters. The van der Waals surface area contributed by atoms with Crippen LogP contribution in [0.25, 0.3) is 0 Å². The van der Waals surface area contributed by atoms with Gasteiger partial charge in [-0.05, 0) is 31.7 Å². The van der Waals surface area contributed by atoms with E-state index < -0.39 is 0 Å². The van der Waals surface area contributed by atoms with Crippen molar-refractivity contribution in [2.75, 3.05) is 25.6 Å². The van der Waals surface area contributed by atoms with Gasteiger partial charge in [-0.25, -0.2) is 0 Å². The monoisotopic (exact) mass is 259 g/mol. The number of ether oxygens (including phenoxy) is 1. The van der Waals surface area contributed by atoms with Gasteiger partial charge >= 0.3 is 0 Å². The molecule has 0 saturated heterocycles. The zero-order valence-electron chi connectivity index (χ0n) is 11.4. The highest BCUT2D eigenvalue weighted by atomic mass is 16.5. The van der Waals surface area contributed by atoms with Crippen LogP contribution in [0.5, 0.6) is 5.75 Å². The Bertz CT molecular complexity index is 536. The molecule has 19 heavy (non-hydrogen) atoms. The number of nitrogens with zero attached hydrogens (tertiary/aromatic N) is 3. The van der Waals surface area contributed by atoms with Gasteiger partial charge in [-0.1, -0.05) is 6.07 Å². The van der Waals surface area contributed by atoms with Crippen molar-refractivity contribution in [3.05, 3.63) is 23.8 Å². The fourth-order valence-electron chi connectivity index (χ4n) is 1.94. The molecule has 0 aliphatic carbocycles. The third-order valence-corrected chi connectivity index (χ3v) is 3.39. The van der Waals surface area contributed by atoms with Gasteiger partial charge in [0.15, 0.2) is 6.61 Å². The molecule has 1 aliphatic heterocycles. The fraction of sp³-hybridized carbons (Fsp3) is 0.429. The lowest BCUT2D eigenvalue weighted by Gasteiger charge is -2.27. The van der Waals surface area contributed by atoms with Crippen molar-refractivity contribution in [2.24, 2.45) is 0 Å². The summed E-state index contributed by atoms with van der Waals surface area (Å²) in [5.41, 5.74) is 1.83. The number of fused-ring (bicyclic) bond motifs is 1. The first-order valence-corrected chi connectivity index (χ1v) is 6.15. The topological polar surface area (TPSA) is 56.6 Å². The van der Waals surface area contributed by atoms with Crippen LogP contribution >= 0.6 is 0 Å². The molecule has 0 radical (unpaired) electrons. The highest BCUT2D eigenvalue weighted by molar-refractivity contribution is 5.97. The number of hydrogen-bond acceptors (Lipinski definition) is 4. The summed E-state index contributed by atoms with van der Waals surface area (Å²) in [5.74, 6) is 0.672. The normalized spacial score (nSPS) is 15.7. The summed E-state index contributed by atoms with van der Waals surface area (Å²) in [5, 5.41) is 8.89. The van der Waals surface area contributed by atoms with Gasteiger partial charge in [0, 0.05) is 13.6 Å². The molecule has 2 rings (SSSR count). The first-order valence-electron chi connectivity index (χ1n) is 6.15. The summed E-state index contributed by atoms with van der Waals surface area (Å²) in [6.07, 6.45) is 0. The first-order chi connectivity index (χ1) is 9.02. The molecular weight excluding hydrogens is 242 g/mol. The Kier molecular flexibility index (Phi) is 3.72. The summed E-state index contributed by atoms with van der Waals surface area (Å²) >= 11 is 0. The van der Waals surface area contributed by atoms with E-state index in [9.17, 15) is 4.79 Å². The van der Waals surface area contributed by atoms with E-state index in [0.717, 1.165) is 17.0 Å². The number of benzene rings is 1. The summed E-state index contributed by atoms with van der Waals surface area (Å²) < 4.78 is 5.38. The van der Waals surface area contributed by atoms with Gasteiger partial charge in [0.05, 0.1) is 17.8 Å². The molecule has 0 fully saturated rings. The molecule has 1 unspecified atom stereocenters. The number of nitriles is 1. The van der Waals surface area contributed by atoms with E-state index in [1.165, 1.54) is 0 Å². The van der Waals surface area contributed by atoms with Crippen LogP contribution in [0.3, 0.4) is 0 Å². The molecule has 1 aliphatic rings. The average molecular weight is 259 g/mol. The minimum absolute atomic E-state index is 0.0524. The first kappa shape index (κ1) is 13.4. The van der Waals surface area contributed by atoms with Gasteiger partial charge in [-0.3, -0.25) is 9.69 Å². The Morgan fingerprint density at radius 3 is 3.00 bits per heavy atom. The lowest BCUT2D eigenvalue weighted by atomic mass is 10.1. The lowest BCUT2D eigenvalue weighted by molar-refractivity contribution is -0.120. The van der Waals surface area contributed by atoms with Crippen LogP contribution in [-0.4, -0.2) is 37.6 Å². The largest absolute Gasteiger partial charge is 0.482 e. The highest BCUT2D eigenvalue weighted by Crippen LogP contribution is 2.32. The van der Waals surface area contributed by atoms with Gasteiger partial charge in [-0.15, -0.1) is 0 Å². The lowest BCUT2D eigenvalue weighted by Crippen LogP contribution is -2.35. The van der Waals surface area contributed by atoms with Gasteiger partial charge in [0.25, 0.3) is 5.91 Å². The number of carbonyl (C=O) groups is 1. The van der Waals surface area contributed by atoms with Crippen LogP contribution in [0.1, 0.15) is 12.5 Å². The quantitative estimate of drug-likeness (QED) is 0.823. The van der Waals surface area contributed by atoms with E-state index in [4.69, 9.17) is 10.00 Å². The number of likely N-dealkylation sites (N-methyl/N-ethyl adjacent to an activating group) is 1. The van der Waals surface area contributed by atoms with Crippen molar-refractivity contribution in [1.82, 2.24) is 4.90 Å². The molecule has 1 heterocycles. The summed E-state index contributed by atoms with van der Waals surface area (Å²) in [6.45, 7) is 2.61. The third kappa shape index (κ3) is 2.69. The Morgan fingerprint density at radius 1 is 1.58 bits per heavy atom. The van der Waals surface area contributed by atoms with Crippen molar-refractivity contribution >= 4 is 11.6 Å². The maximum absolute atomic E-state index is 11.6. The van der Waals surface area contributed by atoms with Crippen LogP contribution in [-0.2, 0) is 11.3 Å². The van der Waals surface area contributed by atoms with E-state index >= 15 is 0 Å². The van der Waals surface area contributed by atoms with Crippen LogP contribution < -0.4 is 9.64 Å². The second-order valence-electron chi connectivity index (χ2n) is 4.76. The smallest absolute Gasteiger partial charge is 0.264 e. The third-order valence-electron chi connectivity index (χ3n) is 3.39. The standard InChI is InChI=1S/C14H17N3O2/c1-10(7-15)16(2)8-11-4-5-13-12(6-11)17(3)14(18)9-19-13/h4-6,10H,8-9H2,1-3H3. The minimum atomic E-state index is -0.147. The van der Waals surface area contributed by atoms with E-state index in [0.29, 0.717) is 6.54 Å². The SMILES string of the molecule is CC(C#N)N(C)Cc1ccc2c(c1)N(C)C(=O)CO2. The number of anilines is 1. The molecule has 1 amide bonds. The molecular formula is C14H17N3O2. The number of carbonyl (C=O) groups excluding carboxylic acids is 1. The van der Waals surface area contributed by atoms with Crippen LogP contribution in [0.2, 0.25) is 0 Å². The van der Waals surface area contributed by atoms with Crippen LogP contribution in [0.15, 0.2) is 18.2 Å². The Morgan fingerprint density at radius 2 is 2.32 bits per heavy atom. The average Bonchev–Trinajstić information content (AvgIpc) is 2.42. The van der Waals surface area contributed by atoms with Crippen LogP contribution in [0.4, 0.5) is 5.69 Å². The molecule has 0 aromatic heterocycles. The van der Waals surface area contributed by atoms with Crippen molar-refractivity contribution in [2.45, 2.75) is 19.5 Å². The molecule has 1 aromatic rings. The van der Waals surface area contributed by atoms with E-state index in [1.54, 1.807) is 11.9 Å². The Balaban J connectivity index is 2.21. The predicted octanol–water partition coefficient (Wildman–Crippen LogP) is 1.39. The highest BCUT2D eigenvalue weighted by Gasteiger charge is 2.22. The zero-order chi connectivity index (χ0) is 14.0. The summed E-state index contributed by atoms with van der Waals surface area (Å²) in [4.78, 5) is 15.2. The van der Waals surface area contributed by atoms with Crippen LogP contribution in [0, 0.1) is 11.3 Å². The maximum Gasteiger partial charge on any atom is 0.264 e. The van der Waals surface area contributed by atoms with Crippen molar-refractivity contribution in [3.8, 4) is 11.8 Å². The number of amides is 1. The van der Waals surface area contributed by atoms with Gasteiger partial charge < -0.3 is 9.64 Å². The van der Waals surface area contributed by atoms with Gasteiger partial charge in [0.1, 0.15) is 5.75 Å². The molecule has 1 aromatic carbocycles. The molecule has 5 nitrogen and oxygen atoms in total. The zero-order valence-corrected chi connectivity index (χ0v) is 11.4. The van der Waals surface area contributed by atoms with Gasteiger partial charge in [0.2, 0.25) is 0 Å². The second-order valence-corrected chi connectivity index (χ2v) is 4.76. The molecule has 0 bridgehead atoms. The molecule has 0 N–H and O–H groups in total. The van der Waals surface area contributed by atoms with Crippen molar-refractivity contribution in [3.63, 3.8) is 0 Å². The summed E-state index contributed by atoms with van der Waals surface area (Å²) in [6, 6.07) is 7.83. The van der Waals surface area contributed by atoms with E-state index in [-0.39, 0.29) is 18.6 Å². The second kappa shape index (κ2) is 5.29. The number of hydrogen-bond donors (Lipinski definition) is 0. The molecule has 0 spiro atoms. The molecule has 100 valence electrons. The van der Waals surface area contributed by atoms with E-state index in [1.807, 2.05) is 37.1 Å².